The molecule has 92 valence electrons. The minimum atomic E-state index is -0.139. The predicted octanol–water partition coefficient (Wildman–Crippen LogP) is 2.83. The van der Waals surface area contributed by atoms with Crippen molar-refractivity contribution in [2.24, 2.45) is 0 Å². The molecule has 3 nitrogen and oxygen atoms in total. The molecule has 0 saturated carbocycles. The Labute approximate surface area is 110 Å². The summed E-state index contributed by atoms with van der Waals surface area (Å²) in [6.45, 7) is 0. The minimum absolute atomic E-state index is 0.139. The van der Waals surface area contributed by atoms with Gasteiger partial charge in [0.2, 0.25) is 0 Å². The number of aromatic nitrogens is 2. The van der Waals surface area contributed by atoms with Gasteiger partial charge in [-0.3, -0.25) is 9.78 Å². The van der Waals surface area contributed by atoms with Gasteiger partial charge < -0.3 is 4.57 Å². The van der Waals surface area contributed by atoms with Crippen LogP contribution in [0.1, 0.15) is 30.0 Å². The van der Waals surface area contributed by atoms with Crippen LogP contribution in [-0.2, 0) is 6.42 Å². The Balaban J connectivity index is 2.14. The van der Waals surface area contributed by atoms with Crippen molar-refractivity contribution >= 4 is 12.2 Å². The summed E-state index contributed by atoms with van der Waals surface area (Å²) >= 11 is 5.26. The lowest BCUT2D eigenvalue weighted by Crippen LogP contribution is -2.20. The van der Waals surface area contributed by atoms with Gasteiger partial charge in [0.15, 0.2) is 4.77 Å². The predicted molar refractivity (Wildman–Crippen MR) is 73.4 cm³/mol. The molecule has 4 heteroatoms. The van der Waals surface area contributed by atoms with Crippen molar-refractivity contribution in [2.45, 2.75) is 25.3 Å². The first kappa shape index (κ1) is 11.4. The summed E-state index contributed by atoms with van der Waals surface area (Å²) in [5.41, 5.74) is 2.58. The van der Waals surface area contributed by atoms with Gasteiger partial charge >= 0.3 is 0 Å². The second kappa shape index (κ2) is 4.53. The number of nitrogens with one attached hydrogen (secondary N) is 1. The molecule has 0 radical (unpaired) electrons. The summed E-state index contributed by atoms with van der Waals surface area (Å²) in [5, 5.41) is 0. The van der Waals surface area contributed by atoms with Gasteiger partial charge in [-0.1, -0.05) is 24.3 Å². The Morgan fingerprint density at radius 2 is 2.11 bits per heavy atom. The van der Waals surface area contributed by atoms with Crippen molar-refractivity contribution in [2.75, 3.05) is 0 Å². The molecule has 1 aliphatic rings. The fraction of sp³-hybridized carbons (Fsp3) is 0.286. The standard InChI is InChI=1S/C14H14N2OS/c17-13-8-9-16(14(18)15-13)12-7-3-5-10-4-1-2-6-11(10)12/h1-2,4,6,8-9,12H,3,5,7H2,(H,15,17,18). The largest absolute Gasteiger partial charge is 0.318 e. The Morgan fingerprint density at radius 1 is 1.28 bits per heavy atom. The molecule has 0 fully saturated rings. The lowest BCUT2D eigenvalue weighted by molar-refractivity contribution is 0.477. The first-order chi connectivity index (χ1) is 8.75. The molecule has 1 aromatic heterocycles. The van der Waals surface area contributed by atoms with E-state index in [-0.39, 0.29) is 11.6 Å². The van der Waals surface area contributed by atoms with E-state index in [0.717, 1.165) is 19.3 Å². The summed E-state index contributed by atoms with van der Waals surface area (Å²) in [6.07, 6.45) is 5.15. The van der Waals surface area contributed by atoms with Crippen LogP contribution < -0.4 is 5.56 Å². The summed E-state index contributed by atoms with van der Waals surface area (Å²) in [5.74, 6) is 0. The van der Waals surface area contributed by atoms with E-state index in [1.807, 2.05) is 4.57 Å². The van der Waals surface area contributed by atoms with Crippen LogP contribution in [0.15, 0.2) is 41.3 Å². The third-order valence-electron chi connectivity index (χ3n) is 3.52. The number of H-pyrrole nitrogens is 1. The van der Waals surface area contributed by atoms with E-state index in [9.17, 15) is 4.79 Å². The van der Waals surface area contributed by atoms with Gasteiger partial charge in [0.05, 0.1) is 6.04 Å². The van der Waals surface area contributed by atoms with Gasteiger partial charge in [0.25, 0.3) is 5.56 Å². The Bertz CT molecular complexity index is 686. The molecular formula is C14H14N2OS. The molecule has 1 aliphatic carbocycles. The van der Waals surface area contributed by atoms with Gasteiger partial charge in [0, 0.05) is 12.3 Å². The number of aromatic amines is 1. The number of rotatable bonds is 1. The van der Waals surface area contributed by atoms with Crippen LogP contribution in [0.25, 0.3) is 0 Å². The average molecular weight is 258 g/mol. The molecule has 0 saturated heterocycles. The summed E-state index contributed by atoms with van der Waals surface area (Å²) in [7, 11) is 0. The first-order valence-electron chi connectivity index (χ1n) is 6.15. The number of aryl methyl sites for hydroxylation is 1. The van der Waals surface area contributed by atoms with Gasteiger partial charge in [-0.05, 0) is 42.6 Å². The molecule has 0 spiro atoms. The molecule has 0 aliphatic heterocycles. The smallest absolute Gasteiger partial charge is 0.251 e. The molecule has 1 unspecified atom stereocenters. The maximum atomic E-state index is 11.2. The number of benzene rings is 1. The second-order valence-corrected chi connectivity index (χ2v) is 5.01. The Morgan fingerprint density at radius 3 is 2.94 bits per heavy atom. The van der Waals surface area contributed by atoms with E-state index in [1.54, 1.807) is 6.20 Å². The van der Waals surface area contributed by atoms with Crippen molar-refractivity contribution in [1.29, 1.82) is 0 Å². The highest BCUT2D eigenvalue weighted by Gasteiger charge is 2.21. The average Bonchev–Trinajstić information content (AvgIpc) is 2.38. The topological polar surface area (TPSA) is 37.8 Å². The zero-order valence-corrected chi connectivity index (χ0v) is 10.7. The third kappa shape index (κ3) is 1.93. The van der Waals surface area contributed by atoms with E-state index in [2.05, 4.69) is 29.2 Å². The van der Waals surface area contributed by atoms with Crippen molar-refractivity contribution in [3.8, 4) is 0 Å². The molecule has 1 heterocycles. The van der Waals surface area contributed by atoms with Gasteiger partial charge in [-0.25, -0.2) is 0 Å². The van der Waals surface area contributed by atoms with E-state index < -0.39 is 0 Å². The van der Waals surface area contributed by atoms with Gasteiger partial charge in [-0.2, -0.15) is 0 Å². The fourth-order valence-electron chi connectivity index (χ4n) is 2.69. The van der Waals surface area contributed by atoms with E-state index in [0.29, 0.717) is 4.77 Å². The second-order valence-electron chi connectivity index (χ2n) is 4.62. The molecule has 18 heavy (non-hydrogen) atoms. The van der Waals surface area contributed by atoms with Crippen LogP contribution in [0.5, 0.6) is 0 Å². The summed E-state index contributed by atoms with van der Waals surface area (Å²) < 4.78 is 2.50. The quantitative estimate of drug-likeness (QED) is 0.799. The number of fused-ring (bicyclic) bond motifs is 1. The molecule has 2 aromatic rings. The summed E-state index contributed by atoms with van der Waals surface area (Å²) in [6, 6.07) is 10.3. The monoisotopic (exact) mass is 258 g/mol. The zero-order chi connectivity index (χ0) is 12.5. The molecule has 0 bridgehead atoms. The fourth-order valence-corrected chi connectivity index (χ4v) is 2.98. The van der Waals surface area contributed by atoms with E-state index >= 15 is 0 Å². The zero-order valence-electron chi connectivity index (χ0n) is 9.93. The normalized spacial score (nSPS) is 18.3. The van der Waals surface area contributed by atoms with Crippen LogP contribution in [0.2, 0.25) is 0 Å². The highest BCUT2D eigenvalue weighted by Crippen LogP contribution is 2.32. The van der Waals surface area contributed by atoms with Crippen molar-refractivity contribution in [1.82, 2.24) is 9.55 Å². The third-order valence-corrected chi connectivity index (χ3v) is 3.84. The maximum absolute atomic E-state index is 11.2. The molecular weight excluding hydrogens is 244 g/mol. The van der Waals surface area contributed by atoms with Crippen molar-refractivity contribution < 1.29 is 0 Å². The van der Waals surface area contributed by atoms with Crippen molar-refractivity contribution in [3.05, 3.63) is 62.8 Å². The number of hydrogen-bond acceptors (Lipinski definition) is 2. The van der Waals surface area contributed by atoms with Crippen molar-refractivity contribution in [3.63, 3.8) is 0 Å². The highest BCUT2D eigenvalue weighted by atomic mass is 32.1. The Hall–Kier alpha value is -1.68. The SMILES string of the molecule is O=c1ccn(C2CCCc3ccccc32)c(=S)[nH]1. The lowest BCUT2D eigenvalue weighted by Gasteiger charge is -2.27. The maximum Gasteiger partial charge on any atom is 0.251 e. The number of hydrogen-bond donors (Lipinski definition) is 1. The van der Waals surface area contributed by atoms with Crippen LogP contribution in [0.4, 0.5) is 0 Å². The molecule has 3 rings (SSSR count). The number of nitrogens with zero attached hydrogens (tertiary/aromatic N) is 1. The van der Waals surface area contributed by atoms with Crippen LogP contribution >= 0.6 is 12.2 Å². The molecule has 1 N–H and O–H groups in total. The van der Waals surface area contributed by atoms with Gasteiger partial charge in [-0.15, -0.1) is 0 Å². The summed E-state index contributed by atoms with van der Waals surface area (Å²) in [4.78, 5) is 13.9. The Kier molecular flexibility index (Phi) is 2.88. The van der Waals surface area contributed by atoms with Crippen LogP contribution in [0.3, 0.4) is 0 Å². The first-order valence-corrected chi connectivity index (χ1v) is 6.56. The molecule has 1 aromatic carbocycles. The highest BCUT2D eigenvalue weighted by molar-refractivity contribution is 7.71. The lowest BCUT2D eigenvalue weighted by atomic mass is 9.87. The van der Waals surface area contributed by atoms with Crippen LogP contribution in [0, 0.1) is 4.77 Å². The van der Waals surface area contributed by atoms with E-state index in [1.165, 1.54) is 17.2 Å². The molecule has 0 amide bonds. The minimum Gasteiger partial charge on any atom is -0.318 e. The van der Waals surface area contributed by atoms with Crippen LogP contribution in [-0.4, -0.2) is 9.55 Å². The van der Waals surface area contributed by atoms with Gasteiger partial charge in [0.1, 0.15) is 0 Å². The molecule has 1 atom stereocenters. The van der Waals surface area contributed by atoms with E-state index in [4.69, 9.17) is 12.2 Å².